The number of halogens is 4. The number of piperidine rings is 2. The SMILES string of the molecule is CC(C)(C)NC(=O)C1CCN(C2C[C@H]3CC[C@@H](C2)N3c2nc(C(F)(F)F)no2)CC1.Cl. The maximum absolute atomic E-state index is 12.8. The first-order valence-corrected chi connectivity index (χ1v) is 10.8. The van der Waals surface area contributed by atoms with Crippen molar-refractivity contribution in [3.8, 4) is 0 Å². The van der Waals surface area contributed by atoms with Crippen LogP contribution in [0.3, 0.4) is 0 Å². The quantitative estimate of drug-likeness (QED) is 0.734. The highest BCUT2D eigenvalue weighted by atomic mass is 35.5. The van der Waals surface area contributed by atoms with E-state index in [0.717, 1.165) is 51.6 Å². The van der Waals surface area contributed by atoms with Gasteiger partial charge in [-0.1, -0.05) is 0 Å². The van der Waals surface area contributed by atoms with Gasteiger partial charge in [0.05, 0.1) is 0 Å². The highest BCUT2D eigenvalue weighted by Crippen LogP contribution is 2.41. The minimum Gasteiger partial charge on any atom is -0.351 e. The molecule has 1 aromatic rings. The Hall–Kier alpha value is -1.55. The van der Waals surface area contributed by atoms with E-state index in [0.29, 0.717) is 6.04 Å². The molecule has 4 rings (SSSR count). The predicted octanol–water partition coefficient (Wildman–Crippen LogP) is 3.64. The van der Waals surface area contributed by atoms with Crippen LogP contribution in [0.2, 0.25) is 0 Å². The number of amides is 1. The zero-order valence-electron chi connectivity index (χ0n) is 18.1. The molecule has 0 saturated carbocycles. The van der Waals surface area contributed by atoms with E-state index in [2.05, 4.69) is 20.4 Å². The Morgan fingerprint density at radius 1 is 1.03 bits per heavy atom. The summed E-state index contributed by atoms with van der Waals surface area (Å²) >= 11 is 0. The van der Waals surface area contributed by atoms with E-state index in [4.69, 9.17) is 4.52 Å². The van der Waals surface area contributed by atoms with Gasteiger partial charge in [-0.3, -0.25) is 4.79 Å². The van der Waals surface area contributed by atoms with E-state index in [1.165, 1.54) is 0 Å². The van der Waals surface area contributed by atoms with Gasteiger partial charge in [-0.25, -0.2) is 0 Å². The number of aromatic nitrogens is 2. The molecular weight excluding hydrogens is 435 g/mol. The number of nitrogens with one attached hydrogen (secondary N) is 1. The second-order valence-corrected chi connectivity index (χ2v) is 9.87. The Bertz CT molecular complexity index is 760. The molecule has 0 spiro atoms. The standard InChI is InChI=1S/C20H30F3N5O2.ClH/c1-19(2,3)25-16(29)12-6-8-27(9-7-12)15-10-13-4-5-14(11-15)28(13)18-24-17(26-30-18)20(21,22)23;/h12-15H,4-11H2,1-3H3,(H,25,29);1H/t13-,14+,15?;. The van der Waals surface area contributed by atoms with Gasteiger partial charge in [-0.05, 0) is 77.5 Å². The monoisotopic (exact) mass is 465 g/mol. The van der Waals surface area contributed by atoms with Gasteiger partial charge in [0.1, 0.15) is 0 Å². The summed E-state index contributed by atoms with van der Waals surface area (Å²) in [6, 6.07) is 0.621. The fourth-order valence-corrected chi connectivity index (χ4v) is 5.19. The molecule has 1 unspecified atom stereocenters. The molecule has 3 saturated heterocycles. The Kier molecular flexibility index (Phi) is 6.82. The highest BCUT2D eigenvalue weighted by molar-refractivity contribution is 5.85. The van der Waals surface area contributed by atoms with Crippen LogP contribution in [0.4, 0.5) is 19.2 Å². The number of carbonyl (C=O) groups excluding carboxylic acids is 1. The Balaban J connectivity index is 0.00000272. The maximum Gasteiger partial charge on any atom is 0.455 e. The normalized spacial score (nSPS) is 27.8. The summed E-state index contributed by atoms with van der Waals surface area (Å²) in [4.78, 5) is 20.4. The molecule has 1 amide bonds. The zero-order valence-corrected chi connectivity index (χ0v) is 18.9. The minimum absolute atomic E-state index is 0. The summed E-state index contributed by atoms with van der Waals surface area (Å²) < 4.78 is 43.4. The maximum atomic E-state index is 12.8. The topological polar surface area (TPSA) is 74.5 Å². The Morgan fingerprint density at radius 2 is 1.61 bits per heavy atom. The number of carbonyl (C=O) groups is 1. The second kappa shape index (κ2) is 8.77. The lowest BCUT2D eigenvalue weighted by Gasteiger charge is -2.44. The highest BCUT2D eigenvalue weighted by Gasteiger charge is 2.46. The third kappa shape index (κ3) is 5.27. The van der Waals surface area contributed by atoms with Gasteiger partial charge in [0.15, 0.2) is 0 Å². The molecule has 31 heavy (non-hydrogen) atoms. The largest absolute Gasteiger partial charge is 0.455 e. The van der Waals surface area contributed by atoms with Crippen molar-refractivity contribution >= 4 is 24.3 Å². The van der Waals surface area contributed by atoms with Crippen molar-refractivity contribution in [1.29, 1.82) is 0 Å². The molecule has 3 fully saturated rings. The van der Waals surface area contributed by atoms with Crippen molar-refractivity contribution < 1.29 is 22.5 Å². The Labute approximate surface area is 186 Å². The number of rotatable bonds is 3. The molecule has 1 aromatic heterocycles. The van der Waals surface area contributed by atoms with Gasteiger partial charge in [-0.15, -0.1) is 12.4 Å². The molecule has 3 aliphatic heterocycles. The first-order chi connectivity index (χ1) is 14.0. The van der Waals surface area contributed by atoms with E-state index in [1.807, 2.05) is 25.7 Å². The summed E-state index contributed by atoms with van der Waals surface area (Å²) in [5, 5.41) is 6.19. The van der Waals surface area contributed by atoms with Gasteiger partial charge in [0, 0.05) is 29.6 Å². The van der Waals surface area contributed by atoms with Crippen LogP contribution in [0.25, 0.3) is 0 Å². The van der Waals surface area contributed by atoms with Crippen molar-refractivity contribution in [1.82, 2.24) is 20.4 Å². The third-order valence-electron chi connectivity index (χ3n) is 6.51. The Morgan fingerprint density at radius 3 is 2.10 bits per heavy atom. The van der Waals surface area contributed by atoms with Crippen LogP contribution in [0, 0.1) is 5.92 Å². The first kappa shape index (κ1) is 24.1. The van der Waals surface area contributed by atoms with E-state index in [9.17, 15) is 18.0 Å². The van der Waals surface area contributed by atoms with E-state index in [1.54, 1.807) is 0 Å². The molecule has 7 nitrogen and oxygen atoms in total. The molecule has 1 N–H and O–H groups in total. The van der Waals surface area contributed by atoms with Gasteiger partial charge in [0.25, 0.3) is 5.82 Å². The molecule has 0 aromatic carbocycles. The number of anilines is 1. The molecule has 2 bridgehead atoms. The van der Waals surface area contributed by atoms with Crippen molar-refractivity contribution in [2.45, 2.75) is 89.1 Å². The lowest BCUT2D eigenvalue weighted by molar-refractivity contribution is -0.146. The number of hydrogen-bond acceptors (Lipinski definition) is 6. The first-order valence-electron chi connectivity index (χ1n) is 10.8. The summed E-state index contributed by atoms with van der Waals surface area (Å²) in [5.74, 6) is -1.03. The number of alkyl halides is 3. The molecule has 0 radical (unpaired) electrons. The molecule has 11 heteroatoms. The van der Waals surface area contributed by atoms with Crippen LogP contribution in [0.1, 0.15) is 65.1 Å². The average Bonchev–Trinajstić information content (AvgIpc) is 3.22. The third-order valence-corrected chi connectivity index (χ3v) is 6.51. The lowest BCUT2D eigenvalue weighted by Crippen LogP contribution is -2.53. The summed E-state index contributed by atoms with van der Waals surface area (Å²) in [5.41, 5.74) is -0.221. The van der Waals surface area contributed by atoms with Crippen LogP contribution in [-0.2, 0) is 11.0 Å². The number of hydrogen-bond donors (Lipinski definition) is 1. The van der Waals surface area contributed by atoms with E-state index < -0.39 is 12.0 Å². The summed E-state index contributed by atoms with van der Waals surface area (Å²) in [6.07, 6.45) is 0.692. The van der Waals surface area contributed by atoms with Crippen LogP contribution >= 0.6 is 12.4 Å². The van der Waals surface area contributed by atoms with E-state index >= 15 is 0 Å². The molecule has 3 atom stereocenters. The fourth-order valence-electron chi connectivity index (χ4n) is 5.19. The molecular formula is C20H31ClF3N5O2. The van der Waals surface area contributed by atoms with Gasteiger partial charge < -0.3 is 19.6 Å². The van der Waals surface area contributed by atoms with Crippen molar-refractivity contribution in [3.05, 3.63) is 5.82 Å². The second-order valence-electron chi connectivity index (χ2n) is 9.87. The van der Waals surface area contributed by atoms with Gasteiger partial charge in [-0.2, -0.15) is 18.2 Å². The summed E-state index contributed by atoms with van der Waals surface area (Å²) in [7, 11) is 0. The average molecular weight is 466 g/mol. The zero-order chi connectivity index (χ0) is 21.7. The summed E-state index contributed by atoms with van der Waals surface area (Å²) in [6.45, 7) is 7.73. The van der Waals surface area contributed by atoms with E-state index in [-0.39, 0.29) is 47.9 Å². The lowest BCUT2D eigenvalue weighted by atomic mass is 9.90. The van der Waals surface area contributed by atoms with Crippen LogP contribution in [0.15, 0.2) is 4.52 Å². The predicted molar refractivity (Wildman–Crippen MR) is 111 cm³/mol. The minimum atomic E-state index is -4.59. The van der Waals surface area contributed by atoms with Crippen LogP contribution < -0.4 is 10.2 Å². The molecule has 3 aliphatic rings. The number of nitrogens with zero attached hydrogens (tertiary/aromatic N) is 4. The molecule has 4 heterocycles. The van der Waals surface area contributed by atoms with Gasteiger partial charge in [0.2, 0.25) is 5.91 Å². The smallest absolute Gasteiger partial charge is 0.351 e. The fraction of sp³-hybridized carbons (Fsp3) is 0.850. The van der Waals surface area contributed by atoms with Crippen molar-refractivity contribution in [2.75, 3.05) is 18.0 Å². The number of fused-ring (bicyclic) bond motifs is 2. The van der Waals surface area contributed by atoms with Crippen LogP contribution in [-0.4, -0.2) is 57.7 Å². The number of likely N-dealkylation sites (tertiary alicyclic amines) is 1. The molecule has 176 valence electrons. The van der Waals surface area contributed by atoms with Gasteiger partial charge >= 0.3 is 12.2 Å². The van der Waals surface area contributed by atoms with Crippen molar-refractivity contribution in [2.24, 2.45) is 5.92 Å². The molecule has 0 aliphatic carbocycles. The van der Waals surface area contributed by atoms with Crippen LogP contribution in [0.5, 0.6) is 0 Å². The van der Waals surface area contributed by atoms with Crippen molar-refractivity contribution in [3.63, 3.8) is 0 Å².